The van der Waals surface area contributed by atoms with Gasteiger partial charge in [0.25, 0.3) is 0 Å². The quantitative estimate of drug-likeness (QED) is 0.199. The molecule has 13 heteroatoms. The van der Waals surface area contributed by atoms with Gasteiger partial charge in [-0.2, -0.15) is 26.3 Å². The van der Waals surface area contributed by atoms with E-state index in [0.717, 1.165) is 4.68 Å². The molecule has 0 amide bonds. The molecule has 174 valence electrons. The fourth-order valence-corrected chi connectivity index (χ4v) is 2.89. The summed E-state index contributed by atoms with van der Waals surface area (Å²) < 4.78 is 79.6. The number of oxime groups is 1. The number of carbonyl (C=O) groups excluding carboxylic acids is 1. The van der Waals surface area contributed by atoms with Crippen molar-refractivity contribution in [1.29, 1.82) is 0 Å². The molecule has 0 saturated carbocycles. The molecule has 0 saturated heterocycles. The highest BCUT2D eigenvalue weighted by molar-refractivity contribution is 6.30. The molecule has 33 heavy (non-hydrogen) atoms. The second kappa shape index (κ2) is 8.85. The highest BCUT2D eigenvalue weighted by Gasteiger charge is 2.37. The van der Waals surface area contributed by atoms with E-state index < -0.39 is 35.1 Å². The van der Waals surface area contributed by atoms with E-state index in [4.69, 9.17) is 16.4 Å². The summed E-state index contributed by atoms with van der Waals surface area (Å²) in [5.41, 5.74) is -3.24. The van der Waals surface area contributed by atoms with Crippen LogP contribution in [0.5, 0.6) is 0 Å². The van der Waals surface area contributed by atoms with Crippen molar-refractivity contribution in [2.75, 3.05) is 0 Å². The number of alkyl halides is 6. The van der Waals surface area contributed by atoms with Crippen LogP contribution in [0.1, 0.15) is 39.8 Å². The molecule has 0 atom stereocenters. The van der Waals surface area contributed by atoms with Gasteiger partial charge in [0, 0.05) is 5.02 Å². The molecule has 1 heterocycles. The first-order valence-electron chi connectivity index (χ1n) is 9.01. The summed E-state index contributed by atoms with van der Waals surface area (Å²) in [5, 5.41) is 11.4. The third-order valence-electron chi connectivity index (χ3n) is 4.40. The highest BCUT2D eigenvalue weighted by atomic mass is 35.5. The molecule has 0 aliphatic rings. The fourth-order valence-electron chi connectivity index (χ4n) is 2.76. The highest BCUT2D eigenvalue weighted by Crippen LogP contribution is 2.37. The van der Waals surface area contributed by atoms with Gasteiger partial charge < -0.3 is 4.84 Å². The van der Waals surface area contributed by atoms with Gasteiger partial charge in [-0.1, -0.05) is 22.0 Å². The average molecular weight is 491 g/mol. The van der Waals surface area contributed by atoms with Crippen LogP contribution in [0.2, 0.25) is 5.02 Å². The average Bonchev–Trinajstić information content (AvgIpc) is 3.12. The number of hydrogen-bond donors (Lipinski definition) is 0. The summed E-state index contributed by atoms with van der Waals surface area (Å²) in [6, 6.07) is 6.80. The Balaban J connectivity index is 1.93. The van der Waals surface area contributed by atoms with E-state index in [-0.39, 0.29) is 28.7 Å². The summed E-state index contributed by atoms with van der Waals surface area (Å²) in [5.74, 6) is -0.816. The van der Waals surface area contributed by atoms with E-state index in [9.17, 15) is 31.1 Å². The number of hydrogen-bond acceptors (Lipinski definition) is 5. The van der Waals surface area contributed by atoms with Crippen LogP contribution >= 0.6 is 11.6 Å². The van der Waals surface area contributed by atoms with Crippen molar-refractivity contribution >= 4 is 23.3 Å². The minimum Gasteiger partial charge on any atom is -0.312 e. The first-order valence-corrected chi connectivity index (χ1v) is 9.39. The summed E-state index contributed by atoms with van der Waals surface area (Å²) in [6.45, 7) is 2.74. The molecule has 0 bridgehead atoms. The number of benzene rings is 2. The second-order valence-corrected chi connectivity index (χ2v) is 7.20. The molecule has 0 unspecified atom stereocenters. The Kier molecular flexibility index (Phi) is 6.50. The normalized spacial score (nSPS) is 12.7. The van der Waals surface area contributed by atoms with Gasteiger partial charge in [-0.15, -0.1) is 5.10 Å². The van der Waals surface area contributed by atoms with E-state index >= 15 is 0 Å². The molecule has 0 N–H and O–H groups in total. The third kappa shape index (κ3) is 5.51. The van der Waals surface area contributed by atoms with Gasteiger partial charge in [-0.05, 0) is 56.3 Å². The van der Waals surface area contributed by atoms with Crippen LogP contribution in [-0.4, -0.2) is 26.7 Å². The predicted molar refractivity (Wildman–Crippen MR) is 105 cm³/mol. The van der Waals surface area contributed by atoms with Gasteiger partial charge >= 0.3 is 18.3 Å². The zero-order valence-corrected chi connectivity index (χ0v) is 17.5. The number of nitrogens with zero attached hydrogens (tertiary/aromatic N) is 4. The summed E-state index contributed by atoms with van der Waals surface area (Å²) in [7, 11) is 0. The molecule has 1 aromatic heterocycles. The lowest BCUT2D eigenvalue weighted by molar-refractivity contribution is -0.143. The molecule has 3 rings (SSSR count). The molecule has 0 radical (unpaired) electrons. The van der Waals surface area contributed by atoms with E-state index in [1.807, 2.05) is 0 Å². The molecule has 0 spiro atoms. The Labute approximate surface area is 187 Å². The van der Waals surface area contributed by atoms with Crippen molar-refractivity contribution < 1.29 is 36.0 Å². The maximum atomic E-state index is 13.1. The van der Waals surface area contributed by atoms with Gasteiger partial charge in [-0.3, -0.25) is 0 Å². The Hall–Kier alpha value is -3.41. The zero-order chi connectivity index (χ0) is 24.6. The van der Waals surface area contributed by atoms with Gasteiger partial charge in [0.05, 0.1) is 28.1 Å². The molecule has 3 aromatic rings. The Bertz CT molecular complexity index is 1180. The molecule has 6 nitrogen and oxygen atoms in total. The lowest BCUT2D eigenvalue weighted by Crippen LogP contribution is -2.13. The van der Waals surface area contributed by atoms with Gasteiger partial charge in [0.2, 0.25) is 0 Å². The van der Waals surface area contributed by atoms with Crippen LogP contribution in [0.3, 0.4) is 0 Å². The lowest BCUT2D eigenvalue weighted by Gasteiger charge is -2.14. The van der Waals surface area contributed by atoms with Crippen molar-refractivity contribution in [1.82, 2.24) is 15.0 Å². The largest absolute Gasteiger partial charge is 0.416 e. The fraction of sp³-hybridized carbons (Fsp3) is 0.200. The first-order chi connectivity index (χ1) is 15.3. The van der Waals surface area contributed by atoms with Gasteiger partial charge in [0.15, 0.2) is 0 Å². The zero-order valence-electron chi connectivity index (χ0n) is 16.8. The van der Waals surface area contributed by atoms with Crippen LogP contribution in [0.15, 0.2) is 47.6 Å². The Morgan fingerprint density at radius 1 is 1.00 bits per heavy atom. The van der Waals surface area contributed by atoms with Crippen molar-refractivity contribution in [2.45, 2.75) is 26.2 Å². The molecular formula is C20H13ClF6N4O2. The Morgan fingerprint density at radius 3 is 2.06 bits per heavy atom. The minimum absolute atomic E-state index is 0.00452. The van der Waals surface area contributed by atoms with Crippen LogP contribution in [0.25, 0.3) is 5.69 Å². The maximum absolute atomic E-state index is 13.1. The number of aromatic nitrogens is 3. The van der Waals surface area contributed by atoms with Crippen LogP contribution in [0, 0.1) is 6.92 Å². The number of halogens is 7. The van der Waals surface area contributed by atoms with Crippen molar-refractivity contribution in [3.8, 4) is 5.69 Å². The molecule has 2 aromatic carbocycles. The van der Waals surface area contributed by atoms with Gasteiger partial charge in [-0.25, -0.2) is 9.48 Å². The van der Waals surface area contributed by atoms with E-state index in [0.29, 0.717) is 17.2 Å². The molecular weight excluding hydrogens is 478 g/mol. The van der Waals surface area contributed by atoms with Gasteiger partial charge in [0.1, 0.15) is 11.4 Å². The Morgan fingerprint density at radius 2 is 1.55 bits per heavy atom. The maximum Gasteiger partial charge on any atom is 0.416 e. The summed E-state index contributed by atoms with van der Waals surface area (Å²) >= 11 is 5.74. The summed E-state index contributed by atoms with van der Waals surface area (Å²) in [4.78, 5) is 16.9. The summed E-state index contributed by atoms with van der Waals surface area (Å²) in [6.07, 6.45) is -10.0. The monoisotopic (exact) mass is 490 g/mol. The van der Waals surface area contributed by atoms with E-state index in [1.165, 1.54) is 38.1 Å². The third-order valence-corrected chi connectivity index (χ3v) is 4.65. The SMILES string of the molecule is CC(=NOC(=O)c1ccc(Cl)cc1)c1nnn(-c2cc(C(F)(F)F)cc(C(F)(F)F)c2)c1C. The van der Waals surface area contributed by atoms with Crippen LogP contribution in [0.4, 0.5) is 26.3 Å². The molecule has 0 aliphatic carbocycles. The topological polar surface area (TPSA) is 69.4 Å². The number of rotatable bonds is 4. The lowest BCUT2D eigenvalue weighted by atomic mass is 10.1. The van der Waals surface area contributed by atoms with Crippen molar-refractivity contribution in [3.05, 3.63) is 75.6 Å². The predicted octanol–water partition coefficient (Wildman–Crippen LogP) is 5.85. The second-order valence-electron chi connectivity index (χ2n) is 6.76. The molecule has 0 aliphatic heterocycles. The van der Waals surface area contributed by atoms with E-state index in [1.54, 1.807) is 0 Å². The standard InChI is InChI=1S/C20H13ClF6N4O2/c1-10(29-33-18(32)12-3-5-15(21)6-4-12)17-11(2)31(30-28-17)16-8-13(19(22,23)24)7-14(9-16)20(25,26)27/h3-9H,1-2H3. The van der Waals surface area contributed by atoms with Crippen molar-refractivity contribution in [2.24, 2.45) is 5.16 Å². The minimum atomic E-state index is -5.01. The van der Waals surface area contributed by atoms with Crippen LogP contribution in [-0.2, 0) is 17.2 Å². The molecule has 0 fully saturated rings. The smallest absolute Gasteiger partial charge is 0.312 e. The number of carbonyl (C=O) groups is 1. The van der Waals surface area contributed by atoms with E-state index in [2.05, 4.69) is 15.5 Å². The van der Waals surface area contributed by atoms with Crippen molar-refractivity contribution in [3.63, 3.8) is 0 Å². The van der Waals surface area contributed by atoms with Crippen LogP contribution < -0.4 is 0 Å². The first kappa shape index (κ1) is 24.2.